The molecule has 0 aliphatic carbocycles. The van der Waals surface area contributed by atoms with Crippen LogP contribution in [0.4, 0.5) is 4.39 Å². The summed E-state index contributed by atoms with van der Waals surface area (Å²) in [5, 5.41) is 0. The van der Waals surface area contributed by atoms with Crippen LogP contribution in [0, 0.1) is 5.82 Å². The molecule has 1 unspecified atom stereocenters. The number of likely N-dealkylation sites (tertiary alicyclic amines) is 1. The van der Waals surface area contributed by atoms with E-state index in [0.29, 0.717) is 12.1 Å². The lowest BCUT2D eigenvalue weighted by atomic mass is 10.1. The summed E-state index contributed by atoms with van der Waals surface area (Å²) in [5.74, 6) is -0.237. The molecule has 20 heavy (non-hydrogen) atoms. The zero-order valence-electron chi connectivity index (χ0n) is 11.5. The van der Waals surface area contributed by atoms with Gasteiger partial charge in [-0.1, -0.05) is 6.07 Å². The molecular weight excluding hydrogens is 283 g/mol. The fourth-order valence-corrected chi connectivity index (χ4v) is 2.51. The largest absolute Gasteiger partial charge is 0.494 e. The summed E-state index contributed by atoms with van der Waals surface area (Å²) in [6.45, 7) is 1.24. The number of hydrogen-bond donors (Lipinski definition) is 1. The van der Waals surface area contributed by atoms with Gasteiger partial charge in [-0.25, -0.2) is 4.39 Å². The molecule has 2 N–H and O–H groups in total. The lowest BCUT2D eigenvalue weighted by molar-refractivity contribution is -0.131. The lowest BCUT2D eigenvalue weighted by Gasteiger charge is -2.23. The van der Waals surface area contributed by atoms with Gasteiger partial charge in [0, 0.05) is 19.1 Å². The second-order valence-corrected chi connectivity index (χ2v) is 4.76. The minimum atomic E-state index is -0.440. The molecule has 0 spiro atoms. The predicted molar refractivity (Wildman–Crippen MR) is 77.7 cm³/mol. The van der Waals surface area contributed by atoms with Gasteiger partial charge in [0.2, 0.25) is 5.91 Å². The van der Waals surface area contributed by atoms with Crippen molar-refractivity contribution >= 4 is 18.3 Å². The van der Waals surface area contributed by atoms with Crippen LogP contribution < -0.4 is 10.5 Å². The Balaban J connectivity index is 0.00000200. The number of rotatable bonds is 4. The van der Waals surface area contributed by atoms with Gasteiger partial charge in [-0.3, -0.25) is 4.79 Å². The average Bonchev–Trinajstić information content (AvgIpc) is 2.87. The van der Waals surface area contributed by atoms with Crippen LogP contribution in [0.15, 0.2) is 18.2 Å². The number of benzene rings is 1. The third kappa shape index (κ3) is 3.61. The molecule has 1 aromatic carbocycles. The summed E-state index contributed by atoms with van der Waals surface area (Å²) in [7, 11) is 1.42. The van der Waals surface area contributed by atoms with Crippen LogP contribution in [0.5, 0.6) is 5.75 Å². The third-order valence-electron chi connectivity index (χ3n) is 3.54. The van der Waals surface area contributed by atoms with E-state index in [1.807, 2.05) is 4.90 Å². The van der Waals surface area contributed by atoms with Crippen molar-refractivity contribution in [1.82, 2.24) is 4.90 Å². The van der Waals surface area contributed by atoms with E-state index in [1.54, 1.807) is 12.1 Å². The molecular formula is C14H20ClFN2O2. The van der Waals surface area contributed by atoms with E-state index >= 15 is 0 Å². The van der Waals surface area contributed by atoms with Gasteiger partial charge in [0.05, 0.1) is 13.5 Å². The zero-order chi connectivity index (χ0) is 13.8. The zero-order valence-corrected chi connectivity index (χ0v) is 12.3. The van der Waals surface area contributed by atoms with Gasteiger partial charge in [-0.15, -0.1) is 12.4 Å². The van der Waals surface area contributed by atoms with Crippen LogP contribution in [-0.2, 0) is 11.2 Å². The highest BCUT2D eigenvalue weighted by Crippen LogP contribution is 2.20. The van der Waals surface area contributed by atoms with Crippen LogP contribution >= 0.6 is 12.4 Å². The van der Waals surface area contributed by atoms with Gasteiger partial charge in [-0.05, 0) is 30.5 Å². The number of halogens is 2. The first-order chi connectivity index (χ1) is 9.15. The van der Waals surface area contributed by atoms with E-state index in [2.05, 4.69) is 0 Å². The molecule has 4 nitrogen and oxygen atoms in total. The molecule has 0 radical (unpaired) electrons. The standard InChI is InChI=1S/C14H19FN2O2.ClH/c1-19-13-5-4-10(7-12(13)15)8-14(18)17-6-2-3-11(17)9-16;/h4-5,7,11H,2-3,6,8-9,16H2,1H3;1H. The maximum absolute atomic E-state index is 13.6. The van der Waals surface area contributed by atoms with Crippen LogP contribution in [0.2, 0.25) is 0 Å². The van der Waals surface area contributed by atoms with Gasteiger partial charge in [-0.2, -0.15) is 0 Å². The van der Waals surface area contributed by atoms with Crippen molar-refractivity contribution in [3.63, 3.8) is 0 Å². The Morgan fingerprint density at radius 3 is 2.90 bits per heavy atom. The Morgan fingerprint density at radius 1 is 1.55 bits per heavy atom. The Kier molecular flexibility index (Phi) is 6.23. The van der Waals surface area contributed by atoms with Gasteiger partial charge < -0.3 is 15.4 Å². The predicted octanol–water partition coefficient (Wildman–Crippen LogP) is 1.75. The SMILES string of the molecule is COc1ccc(CC(=O)N2CCCC2CN)cc1F.Cl. The summed E-state index contributed by atoms with van der Waals surface area (Å²) < 4.78 is 18.4. The number of nitrogens with zero attached hydrogens (tertiary/aromatic N) is 1. The fraction of sp³-hybridized carbons (Fsp3) is 0.500. The van der Waals surface area contributed by atoms with E-state index in [1.165, 1.54) is 13.2 Å². The van der Waals surface area contributed by atoms with Crippen molar-refractivity contribution in [3.05, 3.63) is 29.6 Å². The van der Waals surface area contributed by atoms with Crippen LogP contribution in [-0.4, -0.2) is 37.0 Å². The Hall–Kier alpha value is -1.33. The third-order valence-corrected chi connectivity index (χ3v) is 3.54. The van der Waals surface area contributed by atoms with Crippen molar-refractivity contribution in [2.24, 2.45) is 5.73 Å². The molecule has 0 saturated carbocycles. The normalized spacial score (nSPS) is 17.8. The van der Waals surface area contributed by atoms with E-state index in [9.17, 15) is 9.18 Å². The average molecular weight is 303 g/mol. The quantitative estimate of drug-likeness (QED) is 0.922. The summed E-state index contributed by atoms with van der Waals surface area (Å²) in [6.07, 6.45) is 2.15. The lowest BCUT2D eigenvalue weighted by Crippen LogP contribution is -2.40. The highest BCUT2D eigenvalue weighted by molar-refractivity contribution is 5.85. The van der Waals surface area contributed by atoms with Crippen molar-refractivity contribution in [2.45, 2.75) is 25.3 Å². The Labute approximate surface area is 124 Å². The number of carbonyl (C=O) groups is 1. The molecule has 6 heteroatoms. The van der Waals surface area contributed by atoms with E-state index in [4.69, 9.17) is 10.5 Å². The first kappa shape index (κ1) is 16.7. The van der Waals surface area contributed by atoms with Crippen molar-refractivity contribution in [1.29, 1.82) is 0 Å². The van der Waals surface area contributed by atoms with Crippen LogP contribution in [0.1, 0.15) is 18.4 Å². The molecule has 1 saturated heterocycles. The molecule has 0 aromatic heterocycles. The number of amides is 1. The molecule has 1 heterocycles. The first-order valence-electron chi connectivity index (χ1n) is 6.47. The smallest absolute Gasteiger partial charge is 0.227 e. The van der Waals surface area contributed by atoms with Crippen molar-refractivity contribution in [3.8, 4) is 5.75 Å². The number of ether oxygens (including phenoxy) is 1. The molecule has 1 fully saturated rings. The molecule has 2 rings (SSSR count). The Morgan fingerprint density at radius 2 is 2.30 bits per heavy atom. The molecule has 112 valence electrons. The second kappa shape index (κ2) is 7.45. The minimum absolute atomic E-state index is 0. The second-order valence-electron chi connectivity index (χ2n) is 4.76. The molecule has 0 bridgehead atoms. The molecule has 1 aliphatic rings. The number of hydrogen-bond acceptors (Lipinski definition) is 3. The summed E-state index contributed by atoms with van der Waals surface area (Å²) in [5.41, 5.74) is 6.31. The molecule has 1 aromatic rings. The maximum atomic E-state index is 13.6. The molecule has 1 atom stereocenters. The van der Waals surface area contributed by atoms with Crippen molar-refractivity contribution in [2.75, 3.05) is 20.2 Å². The number of methoxy groups -OCH3 is 1. The monoisotopic (exact) mass is 302 g/mol. The minimum Gasteiger partial charge on any atom is -0.494 e. The van der Waals surface area contributed by atoms with Crippen LogP contribution in [0.25, 0.3) is 0 Å². The van der Waals surface area contributed by atoms with E-state index < -0.39 is 5.82 Å². The number of nitrogens with two attached hydrogens (primary N) is 1. The van der Waals surface area contributed by atoms with Crippen LogP contribution in [0.3, 0.4) is 0 Å². The van der Waals surface area contributed by atoms with E-state index in [-0.39, 0.29) is 36.5 Å². The summed E-state index contributed by atoms with van der Waals surface area (Å²) in [4.78, 5) is 14.0. The molecule has 1 aliphatic heterocycles. The van der Waals surface area contributed by atoms with Crippen molar-refractivity contribution < 1.29 is 13.9 Å². The highest BCUT2D eigenvalue weighted by atomic mass is 35.5. The maximum Gasteiger partial charge on any atom is 0.227 e. The molecule has 1 amide bonds. The Bertz CT molecular complexity index is 470. The summed E-state index contributed by atoms with van der Waals surface area (Å²) in [6, 6.07) is 4.75. The number of carbonyl (C=O) groups excluding carboxylic acids is 1. The summed E-state index contributed by atoms with van der Waals surface area (Å²) >= 11 is 0. The van der Waals surface area contributed by atoms with E-state index in [0.717, 1.165) is 19.4 Å². The van der Waals surface area contributed by atoms with Gasteiger partial charge in [0.15, 0.2) is 11.6 Å². The first-order valence-corrected chi connectivity index (χ1v) is 6.47. The highest BCUT2D eigenvalue weighted by Gasteiger charge is 2.27. The van der Waals surface area contributed by atoms with Gasteiger partial charge in [0.25, 0.3) is 0 Å². The van der Waals surface area contributed by atoms with Gasteiger partial charge in [0.1, 0.15) is 0 Å². The van der Waals surface area contributed by atoms with Gasteiger partial charge >= 0.3 is 0 Å². The fourth-order valence-electron chi connectivity index (χ4n) is 2.51. The topological polar surface area (TPSA) is 55.6 Å².